The second kappa shape index (κ2) is 8.41. The molecule has 0 bridgehead atoms. The lowest BCUT2D eigenvalue weighted by Crippen LogP contribution is -2.36. The van der Waals surface area contributed by atoms with Gasteiger partial charge in [0.15, 0.2) is 0 Å². The van der Waals surface area contributed by atoms with Gasteiger partial charge in [-0.2, -0.15) is 0 Å². The summed E-state index contributed by atoms with van der Waals surface area (Å²) >= 11 is 0. The Balaban J connectivity index is 0.00000169. The van der Waals surface area contributed by atoms with Gasteiger partial charge in [0, 0.05) is 7.11 Å². The molecule has 0 spiro atoms. The summed E-state index contributed by atoms with van der Waals surface area (Å²) in [7, 11) is 0.997. The first-order valence-electron chi connectivity index (χ1n) is 5.65. The molecular weight excluding hydrogens is 192 g/mol. The Bertz CT molecular complexity index is 135. The zero-order valence-corrected chi connectivity index (χ0v) is 11.0. The summed E-state index contributed by atoms with van der Waals surface area (Å²) in [5.74, 6) is 0. The minimum atomic E-state index is -0.893. The van der Waals surface area contributed by atoms with E-state index in [1.165, 1.54) is 51.2 Å². The number of nitrogens with zero attached hydrogens (tertiary/aromatic N) is 1. The van der Waals surface area contributed by atoms with E-state index in [1.807, 2.05) is 7.11 Å². The van der Waals surface area contributed by atoms with Crippen molar-refractivity contribution in [3.8, 4) is 0 Å². The molecule has 3 nitrogen and oxygen atoms in total. The number of hydrogen-bond donors (Lipinski definition) is 1. The average Bonchev–Trinajstić information content (AvgIpc) is 2.60. The van der Waals surface area contributed by atoms with Crippen LogP contribution in [0, 0.1) is 0 Å². The van der Waals surface area contributed by atoms with Gasteiger partial charge in [0.25, 0.3) is 9.20 Å². The van der Waals surface area contributed by atoms with Crippen LogP contribution >= 0.6 is 0 Å². The maximum absolute atomic E-state index is 5.55. The van der Waals surface area contributed by atoms with Crippen molar-refractivity contribution in [2.75, 3.05) is 20.2 Å². The summed E-state index contributed by atoms with van der Waals surface area (Å²) in [4.78, 5) is 0. The Kier molecular flexibility index (Phi) is 8.47. The van der Waals surface area contributed by atoms with E-state index >= 15 is 0 Å². The zero-order valence-electron chi connectivity index (χ0n) is 9.80. The van der Waals surface area contributed by atoms with E-state index < -0.39 is 9.20 Å². The minimum absolute atomic E-state index is 0. The third kappa shape index (κ3) is 4.55. The van der Waals surface area contributed by atoms with Crippen molar-refractivity contribution >= 4 is 9.20 Å². The van der Waals surface area contributed by atoms with E-state index in [0.29, 0.717) is 0 Å². The summed E-state index contributed by atoms with van der Waals surface area (Å²) in [5.41, 5.74) is 0. The molecule has 3 N–H and O–H groups in total. The molecule has 0 amide bonds. The highest BCUT2D eigenvalue weighted by Gasteiger charge is 2.25. The predicted molar refractivity (Wildman–Crippen MR) is 64.3 cm³/mol. The predicted octanol–water partition coefficient (Wildman–Crippen LogP) is 2.30. The first-order valence-corrected chi connectivity index (χ1v) is 7.45. The average molecular weight is 218 g/mol. The summed E-state index contributed by atoms with van der Waals surface area (Å²) < 4.78 is 8.17. The highest BCUT2D eigenvalue weighted by molar-refractivity contribution is 6.49. The molecule has 86 valence electrons. The fourth-order valence-electron chi connectivity index (χ4n) is 2.06. The van der Waals surface area contributed by atoms with Crippen molar-refractivity contribution in [1.82, 2.24) is 10.7 Å². The fraction of sp³-hybridized carbons (Fsp3) is 1.00. The van der Waals surface area contributed by atoms with E-state index in [1.54, 1.807) is 0 Å². The van der Waals surface area contributed by atoms with Crippen molar-refractivity contribution in [3.05, 3.63) is 0 Å². The smallest absolute Gasteiger partial charge is 0.254 e. The van der Waals surface area contributed by atoms with E-state index in [-0.39, 0.29) is 6.15 Å². The molecule has 0 aliphatic carbocycles. The molecule has 14 heavy (non-hydrogen) atoms. The van der Waals surface area contributed by atoms with Crippen LogP contribution in [0.5, 0.6) is 0 Å². The standard InChI is InChI=1S/C10H23NOSi.H3N/c1-3-4-5-6-8-11-9-7-10-13(11)12-2;/h13H,3-10H2,1-2H3;1H3. The van der Waals surface area contributed by atoms with Crippen molar-refractivity contribution in [2.24, 2.45) is 0 Å². The third-order valence-corrected chi connectivity index (χ3v) is 5.65. The Hall–Kier alpha value is 0.0969. The lowest BCUT2D eigenvalue weighted by molar-refractivity contribution is 0.334. The molecule has 0 aromatic carbocycles. The largest absolute Gasteiger partial charge is 0.409 e. The Morgan fingerprint density at radius 1 is 1.29 bits per heavy atom. The van der Waals surface area contributed by atoms with Gasteiger partial charge in [0.05, 0.1) is 0 Å². The molecule has 4 heteroatoms. The molecular formula is C10H26N2OSi. The molecule has 0 radical (unpaired) electrons. The lowest BCUT2D eigenvalue weighted by atomic mass is 10.2. The quantitative estimate of drug-likeness (QED) is 0.550. The Labute approximate surface area is 90.2 Å². The molecule has 1 rings (SSSR count). The van der Waals surface area contributed by atoms with Crippen molar-refractivity contribution in [1.29, 1.82) is 0 Å². The number of rotatable bonds is 6. The van der Waals surface area contributed by atoms with Crippen molar-refractivity contribution < 1.29 is 4.43 Å². The van der Waals surface area contributed by atoms with Crippen LogP contribution in [0.2, 0.25) is 6.04 Å². The normalized spacial score (nSPS) is 22.3. The second-order valence-corrected chi connectivity index (χ2v) is 6.62. The summed E-state index contributed by atoms with van der Waals surface area (Å²) in [6, 6.07) is 1.37. The van der Waals surface area contributed by atoms with Crippen LogP contribution in [-0.2, 0) is 4.43 Å². The van der Waals surface area contributed by atoms with E-state index in [9.17, 15) is 0 Å². The van der Waals surface area contributed by atoms with E-state index in [0.717, 1.165) is 0 Å². The molecule has 0 aromatic heterocycles. The van der Waals surface area contributed by atoms with Gasteiger partial charge in [-0.05, 0) is 32.0 Å². The van der Waals surface area contributed by atoms with Crippen molar-refractivity contribution in [2.45, 2.75) is 45.1 Å². The molecule has 1 fully saturated rings. The van der Waals surface area contributed by atoms with Gasteiger partial charge in [0.2, 0.25) is 0 Å². The SMILES string of the molecule is CCCCCCN1CCC[SiH]1OC.N. The lowest BCUT2D eigenvalue weighted by Gasteiger charge is -2.21. The van der Waals surface area contributed by atoms with Gasteiger partial charge in [-0.1, -0.05) is 26.2 Å². The van der Waals surface area contributed by atoms with Gasteiger partial charge in [-0.25, -0.2) is 0 Å². The highest BCUT2D eigenvalue weighted by atomic mass is 28.3. The van der Waals surface area contributed by atoms with Gasteiger partial charge in [-0.3, -0.25) is 0 Å². The van der Waals surface area contributed by atoms with Gasteiger partial charge < -0.3 is 15.1 Å². The zero-order chi connectivity index (χ0) is 9.52. The van der Waals surface area contributed by atoms with Crippen LogP contribution in [0.4, 0.5) is 0 Å². The van der Waals surface area contributed by atoms with Crippen LogP contribution in [0.1, 0.15) is 39.0 Å². The fourth-order valence-corrected chi connectivity index (χ4v) is 4.43. The van der Waals surface area contributed by atoms with Crippen LogP contribution in [0.25, 0.3) is 0 Å². The molecule has 1 saturated heterocycles. The van der Waals surface area contributed by atoms with Crippen molar-refractivity contribution in [3.63, 3.8) is 0 Å². The summed E-state index contributed by atoms with van der Waals surface area (Å²) in [5, 5.41) is 0. The summed E-state index contributed by atoms with van der Waals surface area (Å²) in [6.07, 6.45) is 6.88. The Morgan fingerprint density at radius 3 is 2.71 bits per heavy atom. The molecule has 1 aliphatic rings. The number of hydrogen-bond acceptors (Lipinski definition) is 3. The molecule has 1 aliphatic heterocycles. The van der Waals surface area contributed by atoms with Crippen LogP contribution in [-0.4, -0.2) is 34.0 Å². The summed E-state index contributed by atoms with van der Waals surface area (Å²) in [6.45, 7) is 4.87. The molecule has 0 aromatic rings. The molecule has 1 heterocycles. The maximum Gasteiger partial charge on any atom is 0.254 e. The molecule has 0 saturated carbocycles. The molecule has 1 atom stereocenters. The topological polar surface area (TPSA) is 47.5 Å². The maximum atomic E-state index is 5.55. The first kappa shape index (κ1) is 14.1. The second-order valence-electron chi connectivity index (χ2n) is 3.93. The monoisotopic (exact) mass is 218 g/mol. The van der Waals surface area contributed by atoms with Crippen LogP contribution in [0.3, 0.4) is 0 Å². The third-order valence-electron chi connectivity index (χ3n) is 2.87. The van der Waals surface area contributed by atoms with E-state index in [4.69, 9.17) is 4.43 Å². The van der Waals surface area contributed by atoms with Gasteiger partial charge in [0.1, 0.15) is 0 Å². The van der Waals surface area contributed by atoms with Crippen LogP contribution in [0.15, 0.2) is 0 Å². The van der Waals surface area contributed by atoms with Gasteiger partial charge >= 0.3 is 0 Å². The Morgan fingerprint density at radius 2 is 2.07 bits per heavy atom. The van der Waals surface area contributed by atoms with Gasteiger partial charge in [-0.15, -0.1) is 0 Å². The van der Waals surface area contributed by atoms with Crippen LogP contribution < -0.4 is 6.15 Å². The molecule has 1 unspecified atom stereocenters. The first-order chi connectivity index (χ1) is 6.38. The highest BCUT2D eigenvalue weighted by Crippen LogP contribution is 2.15. The van der Waals surface area contributed by atoms with E-state index in [2.05, 4.69) is 11.5 Å². The minimum Gasteiger partial charge on any atom is -0.409 e. The number of unbranched alkanes of at least 4 members (excludes halogenated alkanes) is 3.